The van der Waals surface area contributed by atoms with Gasteiger partial charge in [0.2, 0.25) is 11.7 Å². The van der Waals surface area contributed by atoms with Gasteiger partial charge in [-0.15, -0.1) is 12.1 Å². The molecule has 2 saturated carbocycles. The van der Waals surface area contributed by atoms with Crippen molar-refractivity contribution in [2.24, 2.45) is 11.8 Å². The van der Waals surface area contributed by atoms with Gasteiger partial charge in [-0.1, -0.05) is 76.9 Å². The second-order valence-electron chi connectivity index (χ2n) is 12.4. The van der Waals surface area contributed by atoms with Crippen LogP contribution in [0.1, 0.15) is 97.0 Å². The summed E-state index contributed by atoms with van der Waals surface area (Å²) in [5.74, 6) is -3.90. The first kappa shape index (κ1) is 55.3. The normalized spacial score (nSPS) is 14.0. The minimum absolute atomic E-state index is 0. The number of alkyl halides is 1. The smallest absolute Gasteiger partial charge is 0.658 e. The van der Waals surface area contributed by atoms with Gasteiger partial charge in [-0.25, -0.2) is 14.0 Å². The molecule has 2 fully saturated rings. The van der Waals surface area contributed by atoms with Crippen molar-refractivity contribution < 1.29 is 67.0 Å². The van der Waals surface area contributed by atoms with Crippen LogP contribution in [0.2, 0.25) is 10.0 Å². The summed E-state index contributed by atoms with van der Waals surface area (Å²) in [6.07, 6.45) is 4.32. The van der Waals surface area contributed by atoms with E-state index in [0.717, 1.165) is 31.2 Å². The Labute approximate surface area is 336 Å². The molecule has 2 aromatic carbocycles. The van der Waals surface area contributed by atoms with E-state index in [9.17, 15) is 27.7 Å². The summed E-state index contributed by atoms with van der Waals surface area (Å²) in [6, 6.07) is 15.0. The summed E-state index contributed by atoms with van der Waals surface area (Å²) in [5, 5.41) is 5.55. The molecular weight excluding hydrogens is 745 g/mol. The molecule has 9 nitrogen and oxygen atoms in total. The minimum Gasteiger partial charge on any atom is -0.658 e. The number of Topliss-reactive ketones (excluding diaryl/α,β-unsaturated/α-hetero) is 1. The van der Waals surface area contributed by atoms with Crippen LogP contribution in [0.4, 0.5) is 8.78 Å². The fraction of sp³-hybridized carbons (Fsp3) is 0.553. The Morgan fingerprint density at radius 1 is 0.755 bits per heavy atom. The molecule has 0 aromatic heterocycles. The molecule has 53 heavy (non-hydrogen) atoms. The number of carbonyl (C=O) groups is 3. The van der Waals surface area contributed by atoms with Gasteiger partial charge in [-0.3, -0.25) is 4.79 Å². The molecule has 0 spiro atoms. The van der Waals surface area contributed by atoms with E-state index in [2.05, 4.69) is 37.7 Å². The van der Waals surface area contributed by atoms with Gasteiger partial charge in [0.25, 0.3) is 0 Å². The molecule has 1 atom stereocenters. The Hall–Kier alpha value is -2.06. The van der Waals surface area contributed by atoms with E-state index in [1.807, 2.05) is 0 Å². The van der Waals surface area contributed by atoms with Crippen LogP contribution in [0.5, 0.6) is 0 Å². The molecule has 0 saturated heterocycles. The summed E-state index contributed by atoms with van der Waals surface area (Å²) in [6.45, 7) is 15.2. The summed E-state index contributed by atoms with van der Waals surface area (Å²) in [4.78, 5) is 33.9. The molecule has 2 aliphatic carbocycles. The largest absolute Gasteiger partial charge is 1.00 e. The van der Waals surface area contributed by atoms with Crippen LogP contribution in [0.25, 0.3) is 10.9 Å². The second-order valence-corrected chi connectivity index (χ2v) is 16.9. The monoisotopic (exact) mass is 801 g/mol. The predicted molar refractivity (Wildman–Crippen MR) is 208 cm³/mol. The van der Waals surface area contributed by atoms with Crippen LogP contribution in [-0.4, -0.2) is 72.2 Å². The number of hydrogen-bond donors (Lipinski definition) is 0. The molecule has 1 unspecified atom stereocenters. The van der Waals surface area contributed by atoms with Crippen molar-refractivity contribution in [3.05, 3.63) is 80.8 Å². The van der Waals surface area contributed by atoms with E-state index in [1.165, 1.54) is 0 Å². The number of allylic oxidation sites excluding steroid dienone is 1. The number of carbonyl (C=O) groups excluding carboxylic acids is 3. The maximum atomic E-state index is 14.1. The van der Waals surface area contributed by atoms with Crippen molar-refractivity contribution in [1.29, 1.82) is 0 Å². The zero-order chi connectivity index (χ0) is 38.0. The molecule has 0 radical (unpaired) electrons. The Morgan fingerprint density at radius 2 is 1.15 bits per heavy atom. The van der Waals surface area contributed by atoms with Crippen molar-refractivity contribution in [3.8, 4) is 0 Å². The van der Waals surface area contributed by atoms with Crippen LogP contribution in [-0.2, 0) is 23.6 Å². The quantitative estimate of drug-likeness (QED) is 0.0719. The van der Waals surface area contributed by atoms with Gasteiger partial charge in [0.1, 0.15) is 7.14 Å². The van der Waals surface area contributed by atoms with Crippen LogP contribution in [0, 0.1) is 11.8 Å². The maximum absolute atomic E-state index is 14.1. The molecule has 2 aromatic rings. The topological polar surface area (TPSA) is 164 Å². The second kappa shape index (κ2) is 28.4. The molecule has 4 rings (SSSR count). The minimum atomic E-state index is -3.00. The van der Waals surface area contributed by atoms with Crippen molar-refractivity contribution in [2.45, 2.75) is 99.1 Å². The standard InChI is InChI=1S/C14H14ClFO2.C10H9ClO.C8H16FO3P.C6H14N.Li.2H2O/c1-2-18-14(17)13(16)12(9-3-4-9)10-5-7-11(15)8-6-10;11-9-5-3-8(4-6-9)10(12)7-1-2-7;1-4-12-8(10)7(9)13(11,5-2)6-3;1-5(2)7-6(3)4;;;/h5-9H,2-4H2,1H3;3-7H,1-2H2;7H,4-6H2,1-3H3;5-6H,1-4H3;;2*1H2/q;;;-1;+1;;. The number of halogens is 4. The van der Waals surface area contributed by atoms with E-state index < -0.39 is 30.8 Å². The number of nitrogens with zero attached hydrogens (tertiary/aromatic N) is 1. The van der Waals surface area contributed by atoms with Crippen molar-refractivity contribution in [3.63, 3.8) is 0 Å². The molecule has 0 aliphatic heterocycles. The first-order valence-electron chi connectivity index (χ1n) is 17.3. The van der Waals surface area contributed by atoms with Crippen LogP contribution >= 0.6 is 30.3 Å². The number of esters is 2. The van der Waals surface area contributed by atoms with E-state index >= 15 is 0 Å². The molecule has 0 amide bonds. The molecule has 15 heteroatoms. The summed E-state index contributed by atoms with van der Waals surface area (Å²) >= 11 is 11.5. The molecule has 0 bridgehead atoms. The van der Waals surface area contributed by atoms with Gasteiger partial charge in [-0.2, -0.15) is 4.39 Å². The van der Waals surface area contributed by atoms with E-state index in [-0.39, 0.29) is 67.1 Å². The number of rotatable bonds is 13. The number of ether oxygens (including phenoxy) is 2. The van der Waals surface area contributed by atoms with Crippen LogP contribution in [0.15, 0.2) is 54.4 Å². The molecule has 0 heterocycles. The third-order valence-electron chi connectivity index (χ3n) is 7.47. The van der Waals surface area contributed by atoms with Crippen molar-refractivity contribution in [2.75, 3.05) is 25.5 Å². The van der Waals surface area contributed by atoms with Gasteiger partial charge >= 0.3 is 30.8 Å². The molecule has 4 N–H and O–H groups in total. The average Bonchev–Trinajstić information content (AvgIpc) is 4.01. The average molecular weight is 803 g/mol. The fourth-order valence-corrected chi connectivity index (χ4v) is 6.39. The molecule has 2 aliphatic rings. The summed E-state index contributed by atoms with van der Waals surface area (Å²) in [5.41, 5.74) is 1.94. The van der Waals surface area contributed by atoms with Crippen molar-refractivity contribution in [1.82, 2.24) is 0 Å². The van der Waals surface area contributed by atoms with Crippen LogP contribution < -0.4 is 18.9 Å². The SMILES string of the molecule is CC(C)[N-]C(C)C.CCOC(=O)C(F)=C(c1ccc(Cl)cc1)C1CC1.CCOC(=O)C(F)P(=O)(CC)CC.O.O.O=C(c1ccc(Cl)cc1)C1CC1.[Li+]. The third-order valence-corrected chi connectivity index (χ3v) is 11.2. The first-order valence-corrected chi connectivity index (χ1v) is 20.2. The Kier molecular flexibility index (Phi) is 29.6. The van der Waals surface area contributed by atoms with Gasteiger partial charge < -0.3 is 30.3 Å². The Balaban J connectivity index is -0.000000645. The van der Waals surface area contributed by atoms with E-state index in [0.29, 0.717) is 39.2 Å². The third kappa shape index (κ3) is 21.0. The van der Waals surface area contributed by atoms with Crippen LogP contribution in [0.3, 0.4) is 0 Å². The predicted octanol–water partition coefficient (Wildman–Crippen LogP) is 6.71. The number of ketones is 1. The Morgan fingerprint density at radius 3 is 1.47 bits per heavy atom. The maximum Gasteiger partial charge on any atom is 1.00 e. The zero-order valence-electron chi connectivity index (χ0n) is 32.5. The summed E-state index contributed by atoms with van der Waals surface area (Å²) < 4.78 is 48.3. The van der Waals surface area contributed by atoms with Gasteiger partial charge in [0.05, 0.1) is 13.2 Å². The zero-order valence-corrected chi connectivity index (χ0v) is 34.9. The van der Waals surface area contributed by atoms with E-state index in [4.69, 9.17) is 27.9 Å². The van der Waals surface area contributed by atoms with Crippen molar-refractivity contribution >= 4 is 53.6 Å². The molecular formula is C38H57Cl2F2LiNO8P. The van der Waals surface area contributed by atoms with E-state index in [1.54, 1.807) is 76.2 Å². The number of hydrogen-bond acceptors (Lipinski definition) is 6. The number of benzene rings is 2. The van der Waals surface area contributed by atoms with Gasteiger partial charge in [-0.05, 0) is 87.4 Å². The fourth-order valence-electron chi connectivity index (χ4n) is 4.59. The van der Waals surface area contributed by atoms with Gasteiger partial charge in [0.15, 0.2) is 5.78 Å². The Bertz CT molecular complexity index is 1420. The van der Waals surface area contributed by atoms with Gasteiger partial charge in [0, 0.05) is 39.4 Å². The molecule has 296 valence electrons. The summed E-state index contributed by atoms with van der Waals surface area (Å²) in [7, 11) is -3.00. The first-order chi connectivity index (χ1) is 23.5.